The first kappa shape index (κ1) is 17.3. The molecule has 0 bridgehead atoms. The van der Waals surface area contributed by atoms with Crippen LogP contribution in [-0.2, 0) is 23.9 Å². The van der Waals surface area contributed by atoms with Gasteiger partial charge < -0.3 is 10.4 Å². The average molecular weight is 353 g/mol. The van der Waals surface area contributed by atoms with E-state index in [0.29, 0.717) is 18.7 Å². The highest BCUT2D eigenvalue weighted by atomic mass is 19.4. The van der Waals surface area contributed by atoms with Gasteiger partial charge in [0.05, 0.1) is 0 Å². The molecular formula is C17H18F3N3O2. The highest BCUT2D eigenvalue weighted by molar-refractivity contribution is 5.75. The normalized spacial score (nSPS) is 14.5. The Hall–Kier alpha value is -2.51. The fourth-order valence-electron chi connectivity index (χ4n) is 2.60. The minimum absolute atomic E-state index is 0.0633. The third-order valence-electron chi connectivity index (χ3n) is 4.06. The molecule has 1 aliphatic carbocycles. The van der Waals surface area contributed by atoms with Crippen LogP contribution >= 0.6 is 0 Å². The van der Waals surface area contributed by atoms with Gasteiger partial charge in [-0.15, -0.1) is 0 Å². The third-order valence-corrected chi connectivity index (χ3v) is 4.06. The lowest BCUT2D eigenvalue weighted by Gasteiger charge is -2.08. The second-order valence-corrected chi connectivity index (χ2v) is 6.15. The van der Waals surface area contributed by atoms with Gasteiger partial charge in [0.1, 0.15) is 12.3 Å². The van der Waals surface area contributed by atoms with Gasteiger partial charge >= 0.3 is 6.18 Å². The number of benzene rings is 1. The van der Waals surface area contributed by atoms with Crippen molar-refractivity contribution in [2.45, 2.75) is 37.9 Å². The predicted octanol–water partition coefficient (Wildman–Crippen LogP) is 2.84. The Bertz CT molecular complexity index is 749. The predicted molar refractivity (Wildman–Crippen MR) is 84.0 cm³/mol. The van der Waals surface area contributed by atoms with Crippen molar-refractivity contribution >= 4 is 5.91 Å². The van der Waals surface area contributed by atoms with Crippen LogP contribution in [0.1, 0.15) is 35.7 Å². The number of nitrogens with one attached hydrogen (secondary N) is 1. The Labute approximate surface area is 142 Å². The molecule has 0 spiro atoms. The van der Waals surface area contributed by atoms with Gasteiger partial charge in [-0.05, 0) is 43.0 Å². The minimum Gasteiger partial charge on any atom is -0.508 e. The van der Waals surface area contributed by atoms with E-state index < -0.39 is 11.9 Å². The SMILES string of the molecule is O=C(Cn1nc(C(F)(F)F)cc1C1CC1)NCCc1ccc(O)cc1. The summed E-state index contributed by atoms with van der Waals surface area (Å²) in [5.41, 5.74) is 0.461. The molecule has 25 heavy (non-hydrogen) atoms. The summed E-state index contributed by atoms with van der Waals surface area (Å²) in [5, 5.41) is 15.5. The molecule has 2 aromatic rings. The number of rotatable bonds is 6. The van der Waals surface area contributed by atoms with Gasteiger partial charge in [-0.2, -0.15) is 18.3 Å². The van der Waals surface area contributed by atoms with E-state index in [1.165, 1.54) is 0 Å². The fourth-order valence-corrected chi connectivity index (χ4v) is 2.60. The van der Waals surface area contributed by atoms with Gasteiger partial charge in [-0.25, -0.2) is 0 Å². The number of alkyl halides is 3. The number of phenols is 1. The molecule has 0 saturated heterocycles. The lowest BCUT2D eigenvalue weighted by atomic mass is 10.1. The van der Waals surface area contributed by atoms with E-state index in [0.717, 1.165) is 29.2 Å². The van der Waals surface area contributed by atoms with Crippen LogP contribution in [0.4, 0.5) is 13.2 Å². The van der Waals surface area contributed by atoms with Gasteiger partial charge in [0.25, 0.3) is 0 Å². The number of carbonyl (C=O) groups excluding carboxylic acids is 1. The summed E-state index contributed by atoms with van der Waals surface area (Å²) in [7, 11) is 0. The second kappa shape index (κ2) is 6.78. The molecule has 0 radical (unpaired) electrons. The standard InChI is InChI=1S/C17H18F3N3O2/c18-17(19,20)15-9-14(12-3-4-12)23(22-15)10-16(25)21-8-7-11-1-5-13(24)6-2-11/h1-2,5-6,9,12,24H,3-4,7-8,10H2,(H,21,25). The molecule has 1 heterocycles. The van der Waals surface area contributed by atoms with Crippen molar-refractivity contribution in [1.29, 1.82) is 0 Å². The maximum atomic E-state index is 12.8. The number of aromatic hydroxyl groups is 1. The number of halogens is 3. The van der Waals surface area contributed by atoms with Crippen molar-refractivity contribution in [3.05, 3.63) is 47.3 Å². The van der Waals surface area contributed by atoms with Crippen molar-refractivity contribution in [2.75, 3.05) is 6.54 Å². The highest BCUT2D eigenvalue weighted by Crippen LogP contribution is 2.42. The number of amides is 1. The molecule has 2 N–H and O–H groups in total. The molecule has 1 aromatic carbocycles. The zero-order chi connectivity index (χ0) is 18.0. The van der Waals surface area contributed by atoms with Crippen molar-refractivity contribution in [1.82, 2.24) is 15.1 Å². The first-order chi connectivity index (χ1) is 11.8. The minimum atomic E-state index is -4.51. The molecule has 8 heteroatoms. The van der Waals surface area contributed by atoms with Gasteiger partial charge in [0.15, 0.2) is 5.69 Å². The first-order valence-electron chi connectivity index (χ1n) is 8.02. The fraction of sp³-hybridized carbons (Fsp3) is 0.412. The summed E-state index contributed by atoms with van der Waals surface area (Å²) >= 11 is 0. The zero-order valence-electron chi connectivity index (χ0n) is 13.4. The van der Waals surface area contributed by atoms with Crippen molar-refractivity contribution in [3.63, 3.8) is 0 Å². The highest BCUT2D eigenvalue weighted by Gasteiger charge is 2.38. The Morgan fingerprint density at radius 2 is 1.96 bits per heavy atom. The number of nitrogens with zero attached hydrogens (tertiary/aromatic N) is 2. The van der Waals surface area contributed by atoms with Crippen molar-refractivity contribution < 1.29 is 23.1 Å². The van der Waals surface area contributed by atoms with Crippen LogP contribution in [0.3, 0.4) is 0 Å². The molecular weight excluding hydrogens is 335 g/mol. The van der Waals surface area contributed by atoms with E-state index in [1.54, 1.807) is 24.3 Å². The maximum absolute atomic E-state index is 12.8. The summed E-state index contributed by atoms with van der Waals surface area (Å²) in [6.45, 7) is 0.132. The molecule has 3 rings (SSSR count). The van der Waals surface area contributed by atoms with Crippen LogP contribution in [-0.4, -0.2) is 27.3 Å². The van der Waals surface area contributed by atoms with Crippen LogP contribution < -0.4 is 5.32 Å². The van der Waals surface area contributed by atoms with Crippen molar-refractivity contribution in [3.8, 4) is 5.75 Å². The van der Waals surface area contributed by atoms with Crippen molar-refractivity contribution in [2.24, 2.45) is 0 Å². The maximum Gasteiger partial charge on any atom is 0.435 e. The third kappa shape index (κ3) is 4.52. The van der Waals surface area contributed by atoms with E-state index in [-0.39, 0.29) is 24.1 Å². The van der Waals surface area contributed by atoms with E-state index >= 15 is 0 Å². The summed E-state index contributed by atoms with van der Waals surface area (Å²) in [6.07, 6.45) is -2.30. The molecule has 1 amide bonds. The summed E-state index contributed by atoms with van der Waals surface area (Å²) in [5.74, 6) is -0.148. The van der Waals surface area contributed by atoms with Crippen LogP contribution in [0.2, 0.25) is 0 Å². The number of aromatic nitrogens is 2. The molecule has 1 aliphatic rings. The van der Waals surface area contributed by atoms with Gasteiger partial charge in [-0.3, -0.25) is 9.48 Å². The second-order valence-electron chi connectivity index (χ2n) is 6.15. The number of hydrogen-bond acceptors (Lipinski definition) is 3. The number of phenolic OH excluding ortho intramolecular Hbond substituents is 1. The first-order valence-corrected chi connectivity index (χ1v) is 8.02. The zero-order valence-corrected chi connectivity index (χ0v) is 13.4. The van der Waals surface area contributed by atoms with Crippen LogP contribution in [0.15, 0.2) is 30.3 Å². The number of hydrogen-bond donors (Lipinski definition) is 2. The lowest BCUT2D eigenvalue weighted by Crippen LogP contribution is -2.30. The number of carbonyl (C=O) groups is 1. The molecule has 0 unspecified atom stereocenters. The smallest absolute Gasteiger partial charge is 0.435 e. The average Bonchev–Trinajstić information content (AvgIpc) is 3.29. The topological polar surface area (TPSA) is 67.2 Å². The van der Waals surface area contributed by atoms with E-state index in [2.05, 4.69) is 10.4 Å². The largest absolute Gasteiger partial charge is 0.508 e. The van der Waals surface area contributed by atoms with E-state index in [4.69, 9.17) is 0 Å². The Morgan fingerprint density at radius 1 is 1.28 bits per heavy atom. The molecule has 0 atom stereocenters. The Balaban J connectivity index is 1.57. The monoisotopic (exact) mass is 353 g/mol. The molecule has 134 valence electrons. The van der Waals surface area contributed by atoms with E-state index in [9.17, 15) is 23.1 Å². The molecule has 0 aliphatic heterocycles. The summed E-state index contributed by atoms with van der Waals surface area (Å²) < 4.78 is 39.6. The quantitative estimate of drug-likeness (QED) is 0.839. The Morgan fingerprint density at radius 3 is 2.56 bits per heavy atom. The van der Waals surface area contributed by atoms with Gasteiger partial charge in [0, 0.05) is 18.2 Å². The van der Waals surface area contributed by atoms with Crippen LogP contribution in [0.5, 0.6) is 5.75 Å². The Kier molecular flexibility index (Phi) is 4.69. The molecule has 1 fully saturated rings. The molecule has 1 saturated carbocycles. The molecule has 1 aromatic heterocycles. The molecule has 5 nitrogen and oxygen atoms in total. The lowest BCUT2D eigenvalue weighted by molar-refractivity contribution is -0.141. The van der Waals surface area contributed by atoms with Crippen LogP contribution in [0, 0.1) is 0 Å². The van der Waals surface area contributed by atoms with E-state index in [1.807, 2.05) is 0 Å². The van der Waals surface area contributed by atoms with Crippen LogP contribution in [0.25, 0.3) is 0 Å². The summed E-state index contributed by atoms with van der Waals surface area (Å²) in [4.78, 5) is 12.0. The van der Waals surface area contributed by atoms with Gasteiger partial charge in [-0.1, -0.05) is 12.1 Å². The van der Waals surface area contributed by atoms with Gasteiger partial charge in [0.2, 0.25) is 5.91 Å². The summed E-state index contributed by atoms with van der Waals surface area (Å²) in [6, 6.07) is 7.65.